The molecule has 1 fully saturated rings. The Balaban J connectivity index is 1.87. The zero-order chi connectivity index (χ0) is 11.0. The van der Waals surface area contributed by atoms with Gasteiger partial charge in [-0.3, -0.25) is 4.68 Å². The van der Waals surface area contributed by atoms with Crippen molar-refractivity contribution in [2.24, 2.45) is 7.05 Å². The highest BCUT2D eigenvalue weighted by Crippen LogP contribution is 2.29. The summed E-state index contributed by atoms with van der Waals surface area (Å²) in [4.78, 5) is 4.68. The molecular weight excluding hydrogens is 220 g/mol. The third-order valence-corrected chi connectivity index (χ3v) is 3.84. The van der Waals surface area contributed by atoms with E-state index in [-0.39, 0.29) is 0 Å². The molecule has 0 aliphatic carbocycles. The van der Waals surface area contributed by atoms with Gasteiger partial charge >= 0.3 is 0 Å². The van der Waals surface area contributed by atoms with E-state index in [0.717, 1.165) is 17.8 Å². The summed E-state index contributed by atoms with van der Waals surface area (Å²) in [6.45, 7) is 1.12. The number of thiazole rings is 1. The third-order valence-electron chi connectivity index (χ3n) is 2.88. The Morgan fingerprint density at radius 1 is 1.56 bits per heavy atom. The Kier molecular flexibility index (Phi) is 2.49. The molecule has 0 saturated carbocycles. The van der Waals surface area contributed by atoms with E-state index < -0.39 is 0 Å². The van der Waals surface area contributed by atoms with Gasteiger partial charge in [0.1, 0.15) is 5.01 Å². The van der Waals surface area contributed by atoms with E-state index in [4.69, 9.17) is 0 Å². The van der Waals surface area contributed by atoms with Crippen molar-refractivity contribution < 1.29 is 0 Å². The average molecular weight is 234 g/mol. The first kappa shape index (κ1) is 9.99. The number of hydrogen-bond acceptors (Lipinski definition) is 4. The van der Waals surface area contributed by atoms with Gasteiger partial charge in [-0.2, -0.15) is 5.10 Å². The topological polar surface area (TPSA) is 42.7 Å². The van der Waals surface area contributed by atoms with Crippen LogP contribution in [0.1, 0.15) is 23.9 Å². The van der Waals surface area contributed by atoms with Crippen molar-refractivity contribution in [1.82, 2.24) is 20.1 Å². The van der Waals surface area contributed by atoms with Crippen LogP contribution < -0.4 is 5.32 Å². The molecule has 0 amide bonds. The average Bonchev–Trinajstić information content (AvgIpc) is 2.97. The lowest BCUT2D eigenvalue weighted by Crippen LogP contribution is -2.12. The zero-order valence-corrected chi connectivity index (χ0v) is 10.00. The second-order valence-electron chi connectivity index (χ2n) is 4.12. The molecular formula is C11H14N4S. The second kappa shape index (κ2) is 3.99. The van der Waals surface area contributed by atoms with E-state index in [1.54, 1.807) is 11.3 Å². The maximum Gasteiger partial charge on any atom is 0.110 e. The highest BCUT2D eigenvalue weighted by atomic mass is 32.1. The van der Waals surface area contributed by atoms with Crippen molar-refractivity contribution in [2.75, 3.05) is 6.54 Å². The molecule has 0 spiro atoms. The van der Waals surface area contributed by atoms with Crippen molar-refractivity contribution in [3.05, 3.63) is 22.8 Å². The van der Waals surface area contributed by atoms with Gasteiger partial charge in [0.25, 0.3) is 0 Å². The summed E-state index contributed by atoms with van der Waals surface area (Å²) in [6.07, 6.45) is 6.33. The van der Waals surface area contributed by atoms with Crippen LogP contribution in [-0.4, -0.2) is 21.3 Å². The molecule has 2 aromatic heterocycles. The monoisotopic (exact) mass is 234 g/mol. The van der Waals surface area contributed by atoms with Crippen LogP contribution in [0.25, 0.3) is 11.3 Å². The number of nitrogens with zero attached hydrogens (tertiary/aromatic N) is 3. The van der Waals surface area contributed by atoms with E-state index in [2.05, 4.69) is 20.8 Å². The van der Waals surface area contributed by atoms with Crippen molar-refractivity contribution in [1.29, 1.82) is 0 Å². The van der Waals surface area contributed by atoms with Gasteiger partial charge in [0, 0.05) is 24.2 Å². The van der Waals surface area contributed by atoms with Crippen LogP contribution in [0, 0.1) is 0 Å². The molecule has 1 unspecified atom stereocenters. The van der Waals surface area contributed by atoms with E-state index in [0.29, 0.717) is 6.04 Å². The molecule has 1 aliphatic heterocycles. The first-order chi connectivity index (χ1) is 7.83. The van der Waals surface area contributed by atoms with Gasteiger partial charge in [-0.25, -0.2) is 4.98 Å². The fourth-order valence-electron chi connectivity index (χ4n) is 2.03. The summed E-state index contributed by atoms with van der Waals surface area (Å²) in [7, 11) is 1.93. The van der Waals surface area contributed by atoms with Crippen LogP contribution in [0.4, 0.5) is 0 Å². The number of aryl methyl sites for hydroxylation is 1. The predicted octanol–water partition coefficient (Wildman–Crippen LogP) is 1.97. The Morgan fingerprint density at radius 2 is 2.50 bits per heavy atom. The van der Waals surface area contributed by atoms with E-state index >= 15 is 0 Å². The van der Waals surface area contributed by atoms with Gasteiger partial charge in [-0.1, -0.05) is 0 Å². The summed E-state index contributed by atoms with van der Waals surface area (Å²) >= 11 is 1.74. The Bertz CT molecular complexity index is 482. The number of rotatable bonds is 2. The normalized spacial score (nSPS) is 20.4. The van der Waals surface area contributed by atoms with Gasteiger partial charge < -0.3 is 5.32 Å². The fourth-order valence-corrected chi connectivity index (χ4v) is 2.97. The summed E-state index contributed by atoms with van der Waals surface area (Å²) in [5, 5.41) is 11.0. The molecule has 5 heteroatoms. The Morgan fingerprint density at radius 3 is 3.19 bits per heavy atom. The molecule has 1 saturated heterocycles. The molecule has 0 aromatic carbocycles. The molecule has 1 N–H and O–H groups in total. The van der Waals surface area contributed by atoms with Crippen LogP contribution in [0.3, 0.4) is 0 Å². The largest absolute Gasteiger partial charge is 0.308 e. The van der Waals surface area contributed by atoms with Crippen molar-refractivity contribution in [3.63, 3.8) is 0 Å². The van der Waals surface area contributed by atoms with E-state index in [9.17, 15) is 0 Å². The minimum absolute atomic E-state index is 0.468. The fraction of sp³-hybridized carbons (Fsp3) is 0.455. The maximum atomic E-state index is 4.68. The van der Waals surface area contributed by atoms with Crippen LogP contribution in [0.2, 0.25) is 0 Å². The number of hydrogen-bond donors (Lipinski definition) is 1. The smallest absolute Gasteiger partial charge is 0.110 e. The second-order valence-corrected chi connectivity index (χ2v) is 5.01. The van der Waals surface area contributed by atoms with Gasteiger partial charge in [-0.15, -0.1) is 11.3 Å². The summed E-state index contributed by atoms with van der Waals surface area (Å²) in [5.74, 6) is 0. The molecule has 0 bridgehead atoms. The van der Waals surface area contributed by atoms with Crippen molar-refractivity contribution >= 4 is 11.3 Å². The molecule has 0 radical (unpaired) electrons. The molecule has 1 aliphatic rings. The quantitative estimate of drug-likeness (QED) is 0.864. The molecule has 3 rings (SSSR count). The first-order valence-corrected chi connectivity index (χ1v) is 6.39. The minimum atomic E-state index is 0.468. The molecule has 4 nitrogen and oxygen atoms in total. The highest BCUT2D eigenvalue weighted by molar-refractivity contribution is 7.10. The van der Waals surface area contributed by atoms with Crippen molar-refractivity contribution in [2.45, 2.75) is 18.9 Å². The zero-order valence-electron chi connectivity index (χ0n) is 9.18. The lowest BCUT2D eigenvalue weighted by Gasteiger charge is -2.04. The lowest BCUT2D eigenvalue weighted by atomic mass is 10.2. The minimum Gasteiger partial charge on any atom is -0.308 e. The third kappa shape index (κ3) is 1.76. The van der Waals surface area contributed by atoms with Gasteiger partial charge in [0.15, 0.2) is 0 Å². The van der Waals surface area contributed by atoms with Crippen LogP contribution in [0.15, 0.2) is 17.8 Å². The summed E-state index contributed by atoms with van der Waals surface area (Å²) in [6, 6.07) is 0.468. The van der Waals surface area contributed by atoms with Crippen LogP contribution in [-0.2, 0) is 7.05 Å². The Hall–Kier alpha value is -1.20. The standard InChI is InChI=1S/C11H14N4S/c1-15-6-8(5-13-15)10-7-16-11(14-10)9-3-2-4-12-9/h5-7,9,12H,2-4H2,1H3. The SMILES string of the molecule is Cn1cc(-c2csc(C3CCCN3)n2)cn1. The number of aromatic nitrogens is 3. The van der Waals surface area contributed by atoms with Crippen LogP contribution >= 0.6 is 11.3 Å². The van der Waals surface area contributed by atoms with E-state index in [1.807, 2.05) is 24.1 Å². The van der Waals surface area contributed by atoms with E-state index in [1.165, 1.54) is 17.8 Å². The Labute approximate surface area is 98.3 Å². The molecule has 84 valence electrons. The molecule has 16 heavy (non-hydrogen) atoms. The lowest BCUT2D eigenvalue weighted by molar-refractivity contribution is 0.643. The maximum absolute atomic E-state index is 4.68. The molecule has 3 heterocycles. The van der Waals surface area contributed by atoms with Gasteiger partial charge in [0.05, 0.1) is 17.9 Å². The van der Waals surface area contributed by atoms with Gasteiger partial charge in [-0.05, 0) is 19.4 Å². The van der Waals surface area contributed by atoms with Crippen molar-refractivity contribution in [3.8, 4) is 11.3 Å². The predicted molar refractivity (Wildman–Crippen MR) is 64.3 cm³/mol. The van der Waals surface area contributed by atoms with Gasteiger partial charge in [0.2, 0.25) is 0 Å². The first-order valence-electron chi connectivity index (χ1n) is 5.51. The highest BCUT2D eigenvalue weighted by Gasteiger charge is 2.19. The summed E-state index contributed by atoms with van der Waals surface area (Å²) < 4.78 is 1.81. The summed E-state index contributed by atoms with van der Waals surface area (Å²) in [5.41, 5.74) is 2.14. The van der Waals surface area contributed by atoms with Crippen LogP contribution in [0.5, 0.6) is 0 Å². The molecule has 1 atom stereocenters. The number of nitrogens with one attached hydrogen (secondary N) is 1. The molecule has 2 aromatic rings.